The molecule has 1 aliphatic heterocycles. The third kappa shape index (κ3) is 5.39. The van der Waals surface area contributed by atoms with E-state index in [1.54, 1.807) is 33.0 Å². The maximum absolute atomic E-state index is 13.4. The molecule has 10 heteroatoms. The van der Waals surface area contributed by atoms with Crippen molar-refractivity contribution in [3.8, 4) is 0 Å². The molecule has 1 aliphatic rings. The molecular weight excluding hydrogens is 471 g/mol. The molecule has 2 aromatic carbocycles. The number of pyridine rings is 1. The lowest BCUT2D eigenvalue weighted by atomic mass is 10.1. The molecule has 0 spiro atoms. The fraction of sp³-hybridized carbons (Fsp3) is 0.240. The van der Waals surface area contributed by atoms with Gasteiger partial charge in [-0.15, -0.1) is 0 Å². The van der Waals surface area contributed by atoms with Crippen LogP contribution in [0.15, 0.2) is 71.9 Å². The fourth-order valence-corrected chi connectivity index (χ4v) is 5.29. The van der Waals surface area contributed by atoms with Crippen LogP contribution in [-0.4, -0.2) is 36.8 Å². The summed E-state index contributed by atoms with van der Waals surface area (Å²) in [5.41, 5.74) is 1.27. The van der Waals surface area contributed by atoms with E-state index in [4.69, 9.17) is 0 Å². The second-order valence-corrected chi connectivity index (χ2v) is 11.0. The number of halogens is 1. The zero-order valence-corrected chi connectivity index (χ0v) is 20.3. The summed E-state index contributed by atoms with van der Waals surface area (Å²) in [6, 6.07) is 11.8. The molecule has 2 N–H and O–H groups in total. The number of hydrogen-bond acceptors (Lipinski definition) is 5. The molecule has 4 rings (SSSR count). The lowest BCUT2D eigenvalue weighted by molar-refractivity contribution is -0.117. The molecule has 2 amide bonds. The molecule has 1 aromatic heterocycles. The van der Waals surface area contributed by atoms with Crippen LogP contribution in [0, 0.1) is 5.82 Å². The third-order valence-electron chi connectivity index (χ3n) is 5.36. The molecule has 35 heavy (non-hydrogen) atoms. The molecule has 3 aromatic rings. The smallest absolute Gasteiger partial charge is 0.259 e. The van der Waals surface area contributed by atoms with Gasteiger partial charge in [0.2, 0.25) is 15.9 Å². The fourth-order valence-electron chi connectivity index (χ4n) is 3.87. The minimum atomic E-state index is -3.72. The Hall–Kier alpha value is -3.63. The van der Waals surface area contributed by atoms with E-state index in [0.717, 1.165) is 5.56 Å². The molecule has 0 saturated carbocycles. The predicted molar refractivity (Wildman–Crippen MR) is 130 cm³/mol. The van der Waals surface area contributed by atoms with Crippen molar-refractivity contribution in [2.45, 2.75) is 43.7 Å². The highest BCUT2D eigenvalue weighted by atomic mass is 32.2. The average Bonchev–Trinajstić information content (AvgIpc) is 3.18. The first-order valence-corrected chi connectivity index (χ1v) is 12.4. The van der Waals surface area contributed by atoms with Gasteiger partial charge in [-0.3, -0.25) is 19.5 Å². The average molecular weight is 497 g/mol. The summed E-state index contributed by atoms with van der Waals surface area (Å²) >= 11 is 0. The van der Waals surface area contributed by atoms with E-state index in [1.165, 1.54) is 59.6 Å². The van der Waals surface area contributed by atoms with Gasteiger partial charge in [0.15, 0.2) is 0 Å². The highest BCUT2D eigenvalue weighted by molar-refractivity contribution is 7.89. The van der Waals surface area contributed by atoms with Crippen LogP contribution in [0.25, 0.3) is 0 Å². The van der Waals surface area contributed by atoms with Crippen LogP contribution in [-0.2, 0) is 21.2 Å². The predicted octanol–water partition coefficient (Wildman–Crippen LogP) is 3.51. The lowest BCUT2D eigenvalue weighted by Gasteiger charge is -2.25. The summed E-state index contributed by atoms with van der Waals surface area (Å²) in [7, 11) is -3.72. The number of nitrogens with zero attached hydrogens (tertiary/aromatic N) is 2. The van der Waals surface area contributed by atoms with Gasteiger partial charge in [0, 0.05) is 29.4 Å². The standard InChI is InChI=1S/C25H25FN4O4S/c1-25(2,3)29-35(33,34)20-10-8-19(9-11-20)28-23(31)21-14-17-12-13-27-15-22(17)30(21)24(32)16-4-6-18(26)7-5-16/h4-13,15,21,29H,14H2,1-3H3,(H,28,31). The number of fused-ring (bicyclic) bond motifs is 1. The number of nitrogens with one attached hydrogen (secondary N) is 2. The number of aromatic nitrogens is 1. The molecule has 2 heterocycles. The largest absolute Gasteiger partial charge is 0.324 e. The molecule has 0 fully saturated rings. The van der Waals surface area contributed by atoms with Crippen LogP contribution in [0.3, 0.4) is 0 Å². The highest BCUT2D eigenvalue weighted by Crippen LogP contribution is 2.33. The Balaban J connectivity index is 1.56. The molecular formula is C25H25FN4O4S. The second-order valence-electron chi connectivity index (χ2n) is 9.28. The summed E-state index contributed by atoms with van der Waals surface area (Å²) in [5, 5.41) is 2.76. The van der Waals surface area contributed by atoms with E-state index in [-0.39, 0.29) is 16.9 Å². The highest BCUT2D eigenvalue weighted by Gasteiger charge is 2.39. The van der Waals surface area contributed by atoms with Gasteiger partial charge < -0.3 is 5.32 Å². The van der Waals surface area contributed by atoms with Crippen LogP contribution in [0.5, 0.6) is 0 Å². The van der Waals surface area contributed by atoms with Gasteiger partial charge in [-0.1, -0.05) is 0 Å². The van der Waals surface area contributed by atoms with Gasteiger partial charge in [0.05, 0.1) is 16.8 Å². The van der Waals surface area contributed by atoms with Crippen molar-refractivity contribution in [2.75, 3.05) is 10.2 Å². The summed E-state index contributed by atoms with van der Waals surface area (Å²) < 4.78 is 41.0. The van der Waals surface area contributed by atoms with E-state index >= 15 is 0 Å². The molecule has 8 nitrogen and oxygen atoms in total. The Bertz CT molecular complexity index is 1370. The number of benzene rings is 2. The van der Waals surface area contributed by atoms with Gasteiger partial charge in [0.25, 0.3) is 5.91 Å². The van der Waals surface area contributed by atoms with Crippen molar-refractivity contribution in [1.82, 2.24) is 9.71 Å². The normalized spacial score (nSPS) is 15.5. The monoisotopic (exact) mass is 496 g/mol. The van der Waals surface area contributed by atoms with Crippen molar-refractivity contribution >= 4 is 33.2 Å². The van der Waals surface area contributed by atoms with Crippen LogP contribution in [0.2, 0.25) is 0 Å². The van der Waals surface area contributed by atoms with Gasteiger partial charge in [-0.05, 0) is 80.9 Å². The molecule has 0 bridgehead atoms. The lowest BCUT2D eigenvalue weighted by Crippen LogP contribution is -2.45. The molecule has 1 unspecified atom stereocenters. The summed E-state index contributed by atoms with van der Waals surface area (Å²) in [5.74, 6) is -1.37. The third-order valence-corrected chi connectivity index (χ3v) is 7.13. The Morgan fingerprint density at radius 3 is 2.31 bits per heavy atom. The van der Waals surface area contributed by atoms with Crippen LogP contribution in [0.1, 0.15) is 36.7 Å². The maximum atomic E-state index is 13.4. The van der Waals surface area contributed by atoms with Crippen LogP contribution in [0.4, 0.5) is 15.8 Å². The SMILES string of the molecule is CC(C)(C)NS(=O)(=O)c1ccc(NC(=O)C2Cc3ccncc3N2C(=O)c2ccc(F)cc2)cc1. The molecule has 0 saturated heterocycles. The minimum absolute atomic E-state index is 0.0675. The van der Waals surface area contributed by atoms with Gasteiger partial charge in [0.1, 0.15) is 11.9 Å². The molecule has 182 valence electrons. The number of carbonyl (C=O) groups is 2. The topological polar surface area (TPSA) is 108 Å². The number of hydrogen-bond donors (Lipinski definition) is 2. The Morgan fingerprint density at radius 1 is 1.03 bits per heavy atom. The van der Waals surface area contributed by atoms with Crippen molar-refractivity contribution in [1.29, 1.82) is 0 Å². The minimum Gasteiger partial charge on any atom is -0.324 e. The van der Waals surface area contributed by atoms with Crippen molar-refractivity contribution in [3.05, 3.63) is 83.9 Å². The maximum Gasteiger partial charge on any atom is 0.259 e. The number of amides is 2. The number of carbonyl (C=O) groups excluding carboxylic acids is 2. The molecule has 1 atom stereocenters. The van der Waals surface area contributed by atoms with E-state index < -0.39 is 39.2 Å². The van der Waals surface area contributed by atoms with Crippen molar-refractivity contribution in [3.63, 3.8) is 0 Å². The summed E-state index contributed by atoms with van der Waals surface area (Å²) in [6.45, 7) is 5.23. The zero-order chi connectivity index (χ0) is 25.4. The number of anilines is 2. The Morgan fingerprint density at radius 2 is 1.69 bits per heavy atom. The van der Waals surface area contributed by atoms with E-state index in [2.05, 4.69) is 15.0 Å². The molecule has 0 radical (unpaired) electrons. The molecule has 0 aliphatic carbocycles. The van der Waals surface area contributed by atoms with E-state index in [9.17, 15) is 22.4 Å². The first-order valence-electron chi connectivity index (χ1n) is 10.9. The van der Waals surface area contributed by atoms with Crippen LogP contribution >= 0.6 is 0 Å². The van der Waals surface area contributed by atoms with Gasteiger partial charge >= 0.3 is 0 Å². The van der Waals surface area contributed by atoms with Crippen molar-refractivity contribution in [2.24, 2.45) is 0 Å². The van der Waals surface area contributed by atoms with Gasteiger partial charge in [-0.25, -0.2) is 17.5 Å². The van der Waals surface area contributed by atoms with Gasteiger partial charge in [-0.2, -0.15) is 0 Å². The summed E-state index contributed by atoms with van der Waals surface area (Å²) in [4.78, 5) is 32.0. The quantitative estimate of drug-likeness (QED) is 0.562. The Kier molecular flexibility index (Phi) is 6.44. The van der Waals surface area contributed by atoms with E-state index in [0.29, 0.717) is 11.4 Å². The first kappa shape index (κ1) is 24.5. The van der Waals surface area contributed by atoms with Crippen molar-refractivity contribution < 1.29 is 22.4 Å². The second kappa shape index (κ2) is 9.20. The zero-order valence-electron chi connectivity index (χ0n) is 19.4. The number of sulfonamides is 1. The Labute approximate surface area is 203 Å². The van der Waals surface area contributed by atoms with Crippen LogP contribution < -0.4 is 14.9 Å². The van der Waals surface area contributed by atoms with E-state index in [1.807, 2.05) is 0 Å². The number of rotatable bonds is 5. The first-order chi connectivity index (χ1) is 16.4. The summed E-state index contributed by atoms with van der Waals surface area (Å²) in [6.07, 6.45) is 3.38.